The number of carboxylic acid groups (broad SMARTS) is 1. The van der Waals surface area contributed by atoms with E-state index in [2.05, 4.69) is 0 Å². The summed E-state index contributed by atoms with van der Waals surface area (Å²) in [4.78, 5) is 11.7. The largest absolute Gasteiger partial charge is 0.480 e. The van der Waals surface area contributed by atoms with Gasteiger partial charge in [0.15, 0.2) is 0 Å². The Labute approximate surface area is 71.2 Å². The van der Waals surface area contributed by atoms with Crippen LogP contribution in [-0.4, -0.2) is 58.5 Å². The molecular weight excluding hydrogens is 162 g/mol. The van der Waals surface area contributed by atoms with E-state index in [1.54, 1.807) is 6.92 Å². The van der Waals surface area contributed by atoms with Gasteiger partial charge in [0.1, 0.15) is 0 Å². The van der Waals surface area contributed by atoms with Crippen molar-refractivity contribution in [2.24, 2.45) is 0 Å². The lowest BCUT2D eigenvalue weighted by Gasteiger charge is -2.20. The summed E-state index contributed by atoms with van der Waals surface area (Å²) in [7, 11) is 0. The topological polar surface area (TPSA) is 81.0 Å². The van der Waals surface area contributed by atoms with Gasteiger partial charge in [-0.15, -0.1) is 0 Å². The van der Waals surface area contributed by atoms with Crippen LogP contribution < -0.4 is 0 Å². The third kappa shape index (κ3) is 6.09. The molecular formula is C7H15NO4. The lowest BCUT2D eigenvalue weighted by atomic mass is 10.3. The highest BCUT2D eigenvalue weighted by Gasteiger charge is 2.10. The Balaban J connectivity index is 3.77. The Hall–Kier alpha value is -0.650. The molecule has 0 bridgehead atoms. The van der Waals surface area contributed by atoms with Crippen LogP contribution in [0, 0.1) is 0 Å². The number of rotatable bonds is 6. The van der Waals surface area contributed by atoms with E-state index in [4.69, 9.17) is 15.3 Å². The van der Waals surface area contributed by atoms with Crippen molar-refractivity contribution in [2.45, 2.75) is 13.0 Å². The molecule has 1 unspecified atom stereocenters. The van der Waals surface area contributed by atoms with Crippen LogP contribution in [0.2, 0.25) is 0 Å². The van der Waals surface area contributed by atoms with E-state index in [1.165, 1.54) is 4.90 Å². The van der Waals surface area contributed by atoms with E-state index in [9.17, 15) is 4.79 Å². The Morgan fingerprint density at radius 1 is 1.58 bits per heavy atom. The Morgan fingerprint density at radius 3 is 2.50 bits per heavy atom. The monoisotopic (exact) mass is 177 g/mol. The minimum Gasteiger partial charge on any atom is -0.480 e. The molecule has 0 aliphatic heterocycles. The number of aliphatic carboxylic acids is 1. The molecule has 0 spiro atoms. The second-order valence-electron chi connectivity index (χ2n) is 2.70. The molecule has 0 aliphatic carbocycles. The molecule has 0 saturated heterocycles. The van der Waals surface area contributed by atoms with Crippen LogP contribution in [0.3, 0.4) is 0 Å². The molecule has 5 nitrogen and oxygen atoms in total. The second kappa shape index (κ2) is 5.93. The van der Waals surface area contributed by atoms with Gasteiger partial charge in [-0.2, -0.15) is 0 Å². The SMILES string of the molecule is CC(O)CN(CCO)CC(=O)O. The number of aliphatic hydroxyl groups is 2. The van der Waals surface area contributed by atoms with Gasteiger partial charge in [0, 0.05) is 13.1 Å². The van der Waals surface area contributed by atoms with Crippen LogP contribution in [0.4, 0.5) is 0 Å². The third-order valence-corrected chi connectivity index (χ3v) is 1.30. The van der Waals surface area contributed by atoms with Crippen LogP contribution in [-0.2, 0) is 4.79 Å². The van der Waals surface area contributed by atoms with Crippen molar-refractivity contribution in [3.8, 4) is 0 Å². The number of carbonyl (C=O) groups is 1. The molecule has 0 saturated carbocycles. The normalized spacial score (nSPS) is 13.3. The Morgan fingerprint density at radius 2 is 2.17 bits per heavy atom. The van der Waals surface area contributed by atoms with Gasteiger partial charge in [0.2, 0.25) is 0 Å². The first-order valence-corrected chi connectivity index (χ1v) is 3.79. The molecule has 0 radical (unpaired) electrons. The Bertz CT molecular complexity index is 137. The van der Waals surface area contributed by atoms with Crippen molar-refractivity contribution in [2.75, 3.05) is 26.2 Å². The van der Waals surface area contributed by atoms with E-state index >= 15 is 0 Å². The van der Waals surface area contributed by atoms with Crippen molar-refractivity contribution in [3.05, 3.63) is 0 Å². The molecule has 3 N–H and O–H groups in total. The lowest BCUT2D eigenvalue weighted by Crippen LogP contribution is -2.37. The van der Waals surface area contributed by atoms with Crippen LogP contribution in [0.25, 0.3) is 0 Å². The Kier molecular flexibility index (Phi) is 5.61. The fourth-order valence-corrected chi connectivity index (χ4v) is 0.941. The zero-order valence-corrected chi connectivity index (χ0v) is 7.10. The average molecular weight is 177 g/mol. The van der Waals surface area contributed by atoms with Gasteiger partial charge >= 0.3 is 5.97 Å². The number of carboxylic acids is 1. The summed E-state index contributed by atoms with van der Waals surface area (Å²) in [6, 6.07) is 0. The molecule has 0 aromatic heterocycles. The molecule has 0 amide bonds. The summed E-state index contributed by atoms with van der Waals surface area (Å²) in [6.07, 6.45) is -0.573. The van der Waals surface area contributed by atoms with Crippen LogP contribution in [0.1, 0.15) is 6.92 Å². The van der Waals surface area contributed by atoms with Crippen molar-refractivity contribution < 1.29 is 20.1 Å². The molecule has 0 heterocycles. The van der Waals surface area contributed by atoms with Gasteiger partial charge in [-0.05, 0) is 6.92 Å². The first-order valence-electron chi connectivity index (χ1n) is 3.79. The zero-order chi connectivity index (χ0) is 9.56. The molecule has 0 fully saturated rings. The molecule has 0 aliphatic rings. The molecule has 1 atom stereocenters. The first-order chi connectivity index (χ1) is 5.56. The third-order valence-electron chi connectivity index (χ3n) is 1.30. The summed E-state index contributed by atoms with van der Waals surface area (Å²) in [6.45, 7) is 1.88. The van der Waals surface area contributed by atoms with Gasteiger partial charge in [0.05, 0.1) is 19.3 Å². The van der Waals surface area contributed by atoms with E-state index < -0.39 is 12.1 Å². The molecule has 5 heteroatoms. The van der Waals surface area contributed by atoms with E-state index in [0.29, 0.717) is 0 Å². The maximum absolute atomic E-state index is 10.3. The van der Waals surface area contributed by atoms with E-state index in [1.807, 2.05) is 0 Å². The van der Waals surface area contributed by atoms with Crippen molar-refractivity contribution in [3.63, 3.8) is 0 Å². The smallest absolute Gasteiger partial charge is 0.317 e. The fraction of sp³-hybridized carbons (Fsp3) is 0.857. The second-order valence-corrected chi connectivity index (χ2v) is 2.70. The van der Waals surface area contributed by atoms with Crippen molar-refractivity contribution in [1.82, 2.24) is 4.90 Å². The minimum absolute atomic E-state index is 0.0972. The van der Waals surface area contributed by atoms with Gasteiger partial charge in [-0.25, -0.2) is 0 Å². The van der Waals surface area contributed by atoms with Crippen molar-refractivity contribution >= 4 is 5.97 Å². The molecule has 72 valence electrons. The number of hydrogen-bond donors (Lipinski definition) is 3. The average Bonchev–Trinajstić information content (AvgIpc) is 1.84. The van der Waals surface area contributed by atoms with E-state index in [-0.39, 0.29) is 26.2 Å². The van der Waals surface area contributed by atoms with Gasteiger partial charge in [-0.1, -0.05) is 0 Å². The zero-order valence-electron chi connectivity index (χ0n) is 7.10. The molecule has 0 rings (SSSR count). The minimum atomic E-state index is -0.955. The van der Waals surface area contributed by atoms with Crippen LogP contribution in [0.15, 0.2) is 0 Å². The van der Waals surface area contributed by atoms with Gasteiger partial charge in [-0.3, -0.25) is 9.69 Å². The highest BCUT2D eigenvalue weighted by Crippen LogP contribution is 1.91. The first kappa shape index (κ1) is 11.4. The van der Waals surface area contributed by atoms with Gasteiger partial charge < -0.3 is 15.3 Å². The molecule has 0 aromatic carbocycles. The summed E-state index contributed by atoms with van der Waals surface area (Å²) in [5.74, 6) is -0.955. The summed E-state index contributed by atoms with van der Waals surface area (Å²) in [5, 5.41) is 25.9. The molecule has 0 aromatic rings. The van der Waals surface area contributed by atoms with Gasteiger partial charge in [0.25, 0.3) is 0 Å². The van der Waals surface area contributed by atoms with E-state index in [0.717, 1.165) is 0 Å². The predicted octanol–water partition coefficient (Wildman–Crippen LogP) is -1.25. The number of hydrogen-bond acceptors (Lipinski definition) is 4. The maximum atomic E-state index is 10.3. The standard InChI is InChI=1S/C7H15NO4/c1-6(10)4-8(2-3-9)5-7(11)12/h6,9-10H,2-5H2,1H3,(H,11,12). The quantitative estimate of drug-likeness (QED) is 0.472. The highest BCUT2D eigenvalue weighted by atomic mass is 16.4. The van der Waals surface area contributed by atoms with Crippen LogP contribution >= 0.6 is 0 Å². The summed E-state index contributed by atoms with van der Waals surface area (Å²) in [5.41, 5.74) is 0. The maximum Gasteiger partial charge on any atom is 0.317 e. The van der Waals surface area contributed by atoms with Crippen LogP contribution in [0.5, 0.6) is 0 Å². The predicted molar refractivity (Wildman–Crippen MR) is 42.8 cm³/mol. The summed E-state index contributed by atoms with van der Waals surface area (Å²) < 4.78 is 0. The number of nitrogens with zero attached hydrogens (tertiary/aromatic N) is 1. The summed E-state index contributed by atoms with van der Waals surface area (Å²) >= 11 is 0. The highest BCUT2D eigenvalue weighted by molar-refractivity contribution is 5.69. The number of aliphatic hydroxyl groups excluding tert-OH is 2. The molecule has 12 heavy (non-hydrogen) atoms. The van der Waals surface area contributed by atoms with Crippen molar-refractivity contribution in [1.29, 1.82) is 0 Å². The lowest BCUT2D eigenvalue weighted by molar-refractivity contribution is -0.138. The fourth-order valence-electron chi connectivity index (χ4n) is 0.941.